The lowest BCUT2D eigenvalue weighted by molar-refractivity contribution is -0.0366. The molecule has 0 saturated carbocycles. The molecule has 1 fully saturated rings. The first-order chi connectivity index (χ1) is 5.88. The quantitative estimate of drug-likeness (QED) is 0.634. The first kappa shape index (κ1) is 10.3. The average molecular weight is 194 g/mol. The topological polar surface area (TPSA) is 41.5 Å². The van der Waals surface area contributed by atoms with Gasteiger partial charge in [0.25, 0.3) is 0 Å². The molecular formula is C8H16ClNO2. The van der Waals surface area contributed by atoms with Crippen molar-refractivity contribution in [3.05, 3.63) is 0 Å². The van der Waals surface area contributed by atoms with Crippen LogP contribution >= 0.6 is 11.6 Å². The molecule has 1 unspecified atom stereocenters. The van der Waals surface area contributed by atoms with Gasteiger partial charge in [-0.25, -0.2) is 0 Å². The number of ether oxygens (including phenoxy) is 1. The van der Waals surface area contributed by atoms with Crippen LogP contribution in [0.4, 0.5) is 0 Å². The number of nitrogens with one attached hydrogen (secondary N) is 1. The van der Waals surface area contributed by atoms with E-state index in [9.17, 15) is 0 Å². The van der Waals surface area contributed by atoms with Gasteiger partial charge in [-0.15, -0.1) is 11.6 Å². The van der Waals surface area contributed by atoms with Gasteiger partial charge in [-0.05, 0) is 12.8 Å². The Bertz CT molecular complexity index is 124. The Balaban J connectivity index is 2.26. The van der Waals surface area contributed by atoms with Crippen molar-refractivity contribution < 1.29 is 9.84 Å². The molecule has 0 radical (unpaired) electrons. The third kappa shape index (κ3) is 2.90. The van der Waals surface area contributed by atoms with Gasteiger partial charge in [0.15, 0.2) is 0 Å². The number of aliphatic hydroxyl groups is 1. The van der Waals surface area contributed by atoms with Gasteiger partial charge in [0, 0.05) is 18.5 Å². The Morgan fingerprint density at radius 3 is 3.08 bits per heavy atom. The Morgan fingerprint density at radius 1 is 1.58 bits per heavy atom. The van der Waals surface area contributed by atoms with Crippen LogP contribution in [0.1, 0.15) is 12.8 Å². The van der Waals surface area contributed by atoms with Gasteiger partial charge in [-0.1, -0.05) is 0 Å². The van der Waals surface area contributed by atoms with Crippen LogP contribution < -0.4 is 5.32 Å². The number of halogens is 1. The van der Waals surface area contributed by atoms with E-state index < -0.39 is 0 Å². The largest absolute Gasteiger partial charge is 0.394 e. The number of hydrogen-bond acceptors (Lipinski definition) is 3. The van der Waals surface area contributed by atoms with E-state index in [-0.39, 0.29) is 18.8 Å². The highest BCUT2D eigenvalue weighted by Gasteiger charge is 2.23. The predicted octanol–water partition coefficient (Wildman–Crippen LogP) is 0.355. The van der Waals surface area contributed by atoms with Gasteiger partial charge in [0.1, 0.15) is 0 Å². The highest BCUT2D eigenvalue weighted by molar-refractivity contribution is 6.17. The van der Waals surface area contributed by atoms with E-state index in [4.69, 9.17) is 21.4 Å². The molecule has 1 heterocycles. The summed E-state index contributed by atoms with van der Waals surface area (Å²) >= 11 is 5.58. The lowest BCUT2D eigenvalue weighted by atomic mass is 10.1. The molecule has 0 bridgehead atoms. The molecule has 2 atom stereocenters. The number of morpholine rings is 1. The molecule has 12 heavy (non-hydrogen) atoms. The third-order valence-electron chi connectivity index (χ3n) is 2.12. The van der Waals surface area contributed by atoms with Crippen molar-refractivity contribution >= 4 is 11.6 Å². The van der Waals surface area contributed by atoms with Crippen molar-refractivity contribution in [2.24, 2.45) is 0 Å². The predicted molar refractivity (Wildman–Crippen MR) is 48.6 cm³/mol. The number of alkyl halides is 1. The molecule has 1 rings (SSSR count). The summed E-state index contributed by atoms with van der Waals surface area (Å²) in [4.78, 5) is 0. The molecule has 0 aromatic heterocycles. The fourth-order valence-electron chi connectivity index (χ4n) is 1.47. The molecule has 1 aliphatic rings. The fraction of sp³-hybridized carbons (Fsp3) is 1.00. The molecule has 0 amide bonds. The molecule has 2 N–H and O–H groups in total. The van der Waals surface area contributed by atoms with Crippen molar-refractivity contribution in [2.45, 2.75) is 25.0 Å². The van der Waals surface area contributed by atoms with E-state index >= 15 is 0 Å². The molecule has 0 aromatic carbocycles. The van der Waals surface area contributed by atoms with E-state index in [1.54, 1.807) is 0 Å². The van der Waals surface area contributed by atoms with Crippen LogP contribution in [-0.4, -0.2) is 42.9 Å². The average Bonchev–Trinajstić information content (AvgIpc) is 2.15. The zero-order chi connectivity index (χ0) is 8.81. The van der Waals surface area contributed by atoms with E-state index in [0.29, 0.717) is 12.5 Å². The van der Waals surface area contributed by atoms with Gasteiger partial charge in [-0.2, -0.15) is 0 Å². The van der Waals surface area contributed by atoms with Crippen molar-refractivity contribution in [3.8, 4) is 0 Å². The minimum absolute atomic E-state index is 0.0398. The SMILES string of the molecule is OC[C@@H]1OCCNC1CCCCl. The number of rotatable bonds is 4. The van der Waals surface area contributed by atoms with Gasteiger partial charge in [-0.3, -0.25) is 0 Å². The normalized spacial score (nSPS) is 30.5. The zero-order valence-corrected chi connectivity index (χ0v) is 7.89. The Kier molecular flexibility index (Phi) is 4.92. The van der Waals surface area contributed by atoms with Crippen molar-refractivity contribution in [1.82, 2.24) is 5.32 Å². The third-order valence-corrected chi connectivity index (χ3v) is 2.39. The number of hydrogen-bond donors (Lipinski definition) is 2. The van der Waals surface area contributed by atoms with Gasteiger partial charge < -0.3 is 15.2 Å². The molecule has 72 valence electrons. The van der Waals surface area contributed by atoms with Crippen LogP contribution in [-0.2, 0) is 4.74 Å². The summed E-state index contributed by atoms with van der Waals surface area (Å²) in [6.07, 6.45) is 1.91. The minimum Gasteiger partial charge on any atom is -0.394 e. The molecule has 0 aromatic rings. The second kappa shape index (κ2) is 5.75. The fourth-order valence-corrected chi connectivity index (χ4v) is 1.62. The van der Waals surface area contributed by atoms with Crippen LogP contribution in [0.3, 0.4) is 0 Å². The summed E-state index contributed by atoms with van der Waals surface area (Å²) in [6, 6.07) is 0.280. The smallest absolute Gasteiger partial charge is 0.0958 e. The van der Waals surface area contributed by atoms with E-state index in [1.165, 1.54) is 0 Å². The van der Waals surface area contributed by atoms with Crippen LogP contribution in [0, 0.1) is 0 Å². The monoisotopic (exact) mass is 193 g/mol. The standard InChI is InChI=1S/C8H16ClNO2/c9-3-1-2-7-8(6-11)12-5-4-10-7/h7-8,10-11H,1-6H2/t7?,8-/m0/s1. The maximum Gasteiger partial charge on any atom is 0.0958 e. The molecule has 3 nitrogen and oxygen atoms in total. The van der Waals surface area contributed by atoms with Crippen LogP contribution in [0.5, 0.6) is 0 Å². The van der Waals surface area contributed by atoms with E-state index in [0.717, 1.165) is 19.4 Å². The molecular weight excluding hydrogens is 178 g/mol. The van der Waals surface area contributed by atoms with Crippen molar-refractivity contribution in [2.75, 3.05) is 25.6 Å². The second-order valence-electron chi connectivity index (χ2n) is 2.98. The number of aliphatic hydroxyl groups excluding tert-OH is 1. The van der Waals surface area contributed by atoms with Gasteiger partial charge in [0.2, 0.25) is 0 Å². The van der Waals surface area contributed by atoms with Crippen LogP contribution in [0.25, 0.3) is 0 Å². The van der Waals surface area contributed by atoms with Gasteiger partial charge in [0.05, 0.1) is 19.3 Å². The summed E-state index contributed by atoms with van der Waals surface area (Å²) < 4.78 is 5.38. The first-order valence-corrected chi connectivity index (χ1v) is 4.93. The maximum atomic E-state index is 8.96. The lowest BCUT2D eigenvalue weighted by Gasteiger charge is -2.31. The maximum absolute atomic E-state index is 8.96. The molecule has 0 spiro atoms. The van der Waals surface area contributed by atoms with Crippen LogP contribution in [0.15, 0.2) is 0 Å². The summed E-state index contributed by atoms with van der Waals surface area (Å²) in [5, 5.41) is 12.3. The minimum atomic E-state index is -0.0398. The van der Waals surface area contributed by atoms with E-state index in [1.807, 2.05) is 0 Å². The van der Waals surface area contributed by atoms with E-state index in [2.05, 4.69) is 5.32 Å². The lowest BCUT2D eigenvalue weighted by Crippen LogP contribution is -2.49. The Labute approximate surface area is 78.0 Å². The Morgan fingerprint density at radius 2 is 2.42 bits per heavy atom. The molecule has 0 aliphatic carbocycles. The molecule has 4 heteroatoms. The van der Waals surface area contributed by atoms with Crippen LogP contribution in [0.2, 0.25) is 0 Å². The summed E-state index contributed by atoms with van der Waals surface area (Å²) in [5.41, 5.74) is 0. The van der Waals surface area contributed by atoms with Crippen molar-refractivity contribution in [1.29, 1.82) is 0 Å². The zero-order valence-electron chi connectivity index (χ0n) is 7.13. The Hall–Kier alpha value is 0.170. The second-order valence-corrected chi connectivity index (χ2v) is 3.36. The van der Waals surface area contributed by atoms with Crippen molar-refractivity contribution in [3.63, 3.8) is 0 Å². The highest BCUT2D eigenvalue weighted by atomic mass is 35.5. The van der Waals surface area contributed by atoms with Gasteiger partial charge >= 0.3 is 0 Å². The summed E-state index contributed by atoms with van der Waals surface area (Å²) in [7, 11) is 0. The highest BCUT2D eigenvalue weighted by Crippen LogP contribution is 2.10. The summed E-state index contributed by atoms with van der Waals surface area (Å²) in [6.45, 7) is 1.67. The molecule has 1 aliphatic heterocycles. The first-order valence-electron chi connectivity index (χ1n) is 4.40. The summed E-state index contributed by atoms with van der Waals surface area (Å²) in [5.74, 6) is 0.677. The molecule has 1 saturated heterocycles.